The molecule has 0 aliphatic carbocycles. The first kappa shape index (κ1) is 21.8. The summed E-state index contributed by atoms with van der Waals surface area (Å²) < 4.78 is 31.3. The molecule has 8 nitrogen and oxygen atoms in total. The smallest absolute Gasteiger partial charge is 0.253 e. The van der Waals surface area contributed by atoms with Gasteiger partial charge in [0.1, 0.15) is 5.75 Å². The number of amides is 2. The molecular weight excluding hydrogens is 406 g/mol. The van der Waals surface area contributed by atoms with Gasteiger partial charge in [0.05, 0.1) is 18.6 Å². The highest BCUT2D eigenvalue weighted by Crippen LogP contribution is 2.16. The monoisotopic (exact) mass is 431 g/mol. The molecule has 160 valence electrons. The maximum absolute atomic E-state index is 12.6. The number of carbonyl (C=O) groups is 2. The highest BCUT2D eigenvalue weighted by molar-refractivity contribution is 7.89. The van der Waals surface area contributed by atoms with E-state index in [0.717, 1.165) is 4.31 Å². The zero-order valence-corrected chi connectivity index (χ0v) is 17.8. The summed E-state index contributed by atoms with van der Waals surface area (Å²) in [7, 11) is -0.770. The van der Waals surface area contributed by atoms with E-state index < -0.39 is 10.0 Å². The van der Waals surface area contributed by atoms with Crippen LogP contribution in [0.4, 0.5) is 0 Å². The van der Waals surface area contributed by atoms with Crippen molar-refractivity contribution in [3.05, 3.63) is 60.2 Å². The van der Waals surface area contributed by atoms with Crippen molar-refractivity contribution < 1.29 is 22.7 Å². The first-order chi connectivity index (χ1) is 14.3. The molecule has 1 aliphatic rings. The Morgan fingerprint density at radius 2 is 1.50 bits per heavy atom. The molecule has 2 amide bonds. The van der Waals surface area contributed by atoms with Gasteiger partial charge in [-0.25, -0.2) is 8.42 Å². The molecule has 0 saturated carbocycles. The van der Waals surface area contributed by atoms with Gasteiger partial charge in [0.15, 0.2) is 0 Å². The predicted molar refractivity (Wildman–Crippen MR) is 112 cm³/mol. The number of nitrogens with zero attached hydrogens (tertiary/aromatic N) is 3. The Balaban J connectivity index is 1.55. The van der Waals surface area contributed by atoms with Crippen molar-refractivity contribution in [2.75, 3.05) is 46.9 Å². The van der Waals surface area contributed by atoms with Gasteiger partial charge >= 0.3 is 0 Å². The lowest BCUT2D eigenvalue weighted by atomic mass is 10.1. The van der Waals surface area contributed by atoms with Crippen LogP contribution < -0.4 is 4.74 Å². The summed E-state index contributed by atoms with van der Waals surface area (Å²) in [6.45, 7) is 1.26. The van der Waals surface area contributed by atoms with E-state index in [1.807, 2.05) is 0 Å². The van der Waals surface area contributed by atoms with Crippen LogP contribution in [0.1, 0.15) is 10.4 Å². The summed E-state index contributed by atoms with van der Waals surface area (Å²) in [6, 6.07) is 14.9. The van der Waals surface area contributed by atoms with Crippen LogP contribution in [-0.4, -0.2) is 81.2 Å². The summed E-state index contributed by atoms with van der Waals surface area (Å²) in [5.41, 5.74) is 0.560. The lowest BCUT2D eigenvalue weighted by molar-refractivity contribution is -0.132. The summed E-state index contributed by atoms with van der Waals surface area (Å²) >= 11 is 0. The van der Waals surface area contributed by atoms with E-state index in [4.69, 9.17) is 4.74 Å². The van der Waals surface area contributed by atoms with Crippen molar-refractivity contribution in [3.8, 4) is 5.75 Å². The Bertz CT molecular complexity index is 985. The first-order valence-corrected chi connectivity index (χ1v) is 11.0. The number of carbonyl (C=O) groups excluding carboxylic acids is 2. The molecule has 0 N–H and O–H groups in total. The molecule has 9 heteroatoms. The summed E-state index contributed by atoms with van der Waals surface area (Å²) in [6.07, 6.45) is 0. The molecule has 0 spiro atoms. The lowest BCUT2D eigenvalue weighted by Gasteiger charge is -2.35. The Hall–Kier alpha value is -2.91. The number of methoxy groups -OCH3 is 1. The zero-order chi connectivity index (χ0) is 21.7. The molecule has 0 aromatic heterocycles. The number of sulfonamides is 1. The van der Waals surface area contributed by atoms with Crippen molar-refractivity contribution in [2.45, 2.75) is 4.90 Å². The van der Waals surface area contributed by atoms with Gasteiger partial charge in [0.25, 0.3) is 5.91 Å². The van der Waals surface area contributed by atoms with Crippen molar-refractivity contribution in [1.82, 2.24) is 14.1 Å². The molecule has 0 radical (unpaired) electrons. The molecule has 3 rings (SSSR count). The molecule has 1 saturated heterocycles. The number of hydrogen-bond acceptors (Lipinski definition) is 5. The number of likely N-dealkylation sites (N-methyl/N-ethyl adjacent to an activating group) is 1. The molecule has 1 fully saturated rings. The Morgan fingerprint density at radius 3 is 2.07 bits per heavy atom. The van der Waals surface area contributed by atoms with E-state index in [0.29, 0.717) is 37.5 Å². The maximum atomic E-state index is 12.6. The Labute approximate surface area is 176 Å². The Kier molecular flexibility index (Phi) is 6.73. The summed E-state index contributed by atoms with van der Waals surface area (Å²) in [5.74, 6) is 0.290. The topological polar surface area (TPSA) is 87.2 Å². The lowest BCUT2D eigenvalue weighted by Crippen LogP contribution is -2.52. The molecule has 30 heavy (non-hydrogen) atoms. The SMILES string of the molecule is COc1ccc(C(=O)N2CCN(C(=O)CN(C)S(=O)(=O)c3ccccc3)CC2)cc1. The summed E-state index contributed by atoms with van der Waals surface area (Å²) in [5, 5.41) is 0. The van der Waals surface area contributed by atoms with E-state index in [2.05, 4.69) is 0 Å². The molecule has 1 aliphatic heterocycles. The van der Waals surface area contributed by atoms with E-state index in [1.54, 1.807) is 59.4 Å². The van der Waals surface area contributed by atoms with Crippen LogP contribution >= 0.6 is 0 Å². The standard InChI is InChI=1S/C21H25N3O5S/c1-22(30(27,28)19-6-4-3-5-7-19)16-20(25)23-12-14-24(15-13-23)21(26)17-8-10-18(29-2)11-9-17/h3-11H,12-16H2,1-2H3. The number of hydrogen-bond donors (Lipinski definition) is 0. The van der Waals surface area contributed by atoms with Gasteiger partial charge in [-0.2, -0.15) is 4.31 Å². The molecular formula is C21H25N3O5S. The second kappa shape index (κ2) is 9.27. The van der Waals surface area contributed by atoms with Crippen LogP contribution in [0.5, 0.6) is 5.75 Å². The van der Waals surface area contributed by atoms with Crippen LogP contribution in [-0.2, 0) is 14.8 Å². The molecule has 0 unspecified atom stereocenters. The van der Waals surface area contributed by atoms with Gasteiger partial charge < -0.3 is 14.5 Å². The van der Waals surface area contributed by atoms with Crippen LogP contribution in [0.15, 0.2) is 59.5 Å². The quantitative estimate of drug-likeness (QED) is 0.688. The van der Waals surface area contributed by atoms with Gasteiger partial charge in [0, 0.05) is 38.8 Å². The number of rotatable bonds is 6. The molecule has 0 bridgehead atoms. The maximum Gasteiger partial charge on any atom is 0.253 e. The number of piperazine rings is 1. The molecule has 1 heterocycles. The fourth-order valence-corrected chi connectivity index (χ4v) is 4.36. The second-order valence-electron chi connectivity index (χ2n) is 6.98. The second-order valence-corrected chi connectivity index (χ2v) is 9.02. The van der Waals surface area contributed by atoms with E-state index in [-0.39, 0.29) is 23.3 Å². The van der Waals surface area contributed by atoms with Crippen LogP contribution in [0, 0.1) is 0 Å². The van der Waals surface area contributed by atoms with Gasteiger partial charge in [0.2, 0.25) is 15.9 Å². The van der Waals surface area contributed by atoms with Crippen LogP contribution in [0.25, 0.3) is 0 Å². The van der Waals surface area contributed by atoms with Gasteiger partial charge in [-0.1, -0.05) is 18.2 Å². The third-order valence-corrected chi connectivity index (χ3v) is 6.88. The zero-order valence-electron chi connectivity index (χ0n) is 17.0. The van der Waals surface area contributed by atoms with Crippen LogP contribution in [0.3, 0.4) is 0 Å². The van der Waals surface area contributed by atoms with E-state index >= 15 is 0 Å². The largest absolute Gasteiger partial charge is 0.497 e. The third kappa shape index (κ3) is 4.80. The van der Waals surface area contributed by atoms with Crippen LogP contribution in [0.2, 0.25) is 0 Å². The fourth-order valence-electron chi connectivity index (χ4n) is 3.22. The van der Waals surface area contributed by atoms with Gasteiger partial charge in [-0.15, -0.1) is 0 Å². The summed E-state index contributed by atoms with van der Waals surface area (Å²) in [4.78, 5) is 28.7. The first-order valence-electron chi connectivity index (χ1n) is 9.55. The number of ether oxygens (including phenoxy) is 1. The van der Waals surface area contributed by atoms with Gasteiger partial charge in [-0.05, 0) is 36.4 Å². The minimum absolute atomic E-state index is 0.103. The van der Waals surface area contributed by atoms with Crippen molar-refractivity contribution in [1.29, 1.82) is 0 Å². The van der Waals surface area contributed by atoms with E-state index in [9.17, 15) is 18.0 Å². The molecule has 2 aromatic carbocycles. The highest BCUT2D eigenvalue weighted by Gasteiger charge is 2.28. The Morgan fingerprint density at radius 1 is 0.933 bits per heavy atom. The van der Waals surface area contributed by atoms with Crippen molar-refractivity contribution >= 4 is 21.8 Å². The average molecular weight is 432 g/mol. The predicted octanol–water partition coefficient (Wildman–Crippen LogP) is 1.30. The molecule has 2 aromatic rings. The average Bonchev–Trinajstić information content (AvgIpc) is 2.79. The van der Waals surface area contributed by atoms with Gasteiger partial charge in [-0.3, -0.25) is 9.59 Å². The highest BCUT2D eigenvalue weighted by atomic mass is 32.2. The normalized spacial score (nSPS) is 14.6. The fraction of sp³-hybridized carbons (Fsp3) is 0.333. The minimum atomic E-state index is -3.73. The third-order valence-electron chi connectivity index (χ3n) is 5.07. The number of benzene rings is 2. The van der Waals surface area contributed by atoms with Crippen molar-refractivity contribution in [3.63, 3.8) is 0 Å². The minimum Gasteiger partial charge on any atom is -0.497 e. The van der Waals surface area contributed by atoms with E-state index in [1.165, 1.54) is 19.2 Å². The molecule has 0 atom stereocenters. The van der Waals surface area contributed by atoms with Crippen molar-refractivity contribution in [2.24, 2.45) is 0 Å².